The molecule has 2 amide bonds. The molecule has 2 aromatic carbocycles. The second kappa shape index (κ2) is 7.31. The summed E-state index contributed by atoms with van der Waals surface area (Å²) in [5, 5.41) is 5.78. The van der Waals surface area contributed by atoms with Gasteiger partial charge in [-0.25, -0.2) is 0 Å². The number of rotatable bonds is 3. The molecule has 2 aromatic rings. The minimum absolute atomic E-state index is 0.131. The molecule has 0 aromatic heterocycles. The van der Waals surface area contributed by atoms with E-state index in [4.69, 9.17) is 9.47 Å². The molecule has 0 radical (unpaired) electrons. The van der Waals surface area contributed by atoms with Crippen molar-refractivity contribution in [1.29, 1.82) is 0 Å². The fourth-order valence-corrected chi connectivity index (χ4v) is 2.79. The van der Waals surface area contributed by atoms with Gasteiger partial charge in [0.25, 0.3) is 11.8 Å². The Kier molecular flexibility index (Phi) is 5.08. The van der Waals surface area contributed by atoms with E-state index in [9.17, 15) is 9.59 Å². The van der Waals surface area contributed by atoms with Crippen LogP contribution in [0, 0.1) is 6.92 Å². The molecular weight excluding hydrogens is 344 g/mol. The van der Waals surface area contributed by atoms with Crippen LogP contribution in [0.2, 0.25) is 0 Å². The maximum atomic E-state index is 12.6. The van der Waals surface area contributed by atoms with Crippen LogP contribution >= 0.6 is 0 Å². The Hall–Kier alpha value is -3.02. The molecule has 1 atom stereocenters. The Morgan fingerprint density at radius 1 is 1.04 bits per heavy atom. The minimum Gasteiger partial charge on any atom is -0.485 e. The second-order valence-corrected chi connectivity index (χ2v) is 7.54. The maximum Gasteiger partial charge on any atom is 0.269 e. The average molecular weight is 368 g/mol. The van der Waals surface area contributed by atoms with E-state index >= 15 is 0 Å². The van der Waals surface area contributed by atoms with Crippen molar-refractivity contribution in [2.24, 2.45) is 0 Å². The number of fused-ring (bicyclic) bond motifs is 1. The highest BCUT2D eigenvalue weighted by Gasteiger charge is 2.28. The minimum atomic E-state index is -0.758. The molecule has 0 unspecified atom stereocenters. The Bertz CT molecular complexity index is 871. The molecule has 3 rings (SSSR count). The first-order valence-electron chi connectivity index (χ1n) is 8.86. The largest absolute Gasteiger partial charge is 0.485 e. The van der Waals surface area contributed by atoms with Crippen molar-refractivity contribution < 1.29 is 19.1 Å². The lowest BCUT2D eigenvalue weighted by atomic mass is 10.0. The summed E-state index contributed by atoms with van der Waals surface area (Å²) in [6, 6.07) is 12.5. The Balaban J connectivity index is 1.73. The number of hydrogen-bond acceptors (Lipinski definition) is 4. The predicted octanol–water partition coefficient (Wildman–Crippen LogP) is 3.30. The van der Waals surface area contributed by atoms with Crippen molar-refractivity contribution in [3.05, 3.63) is 53.6 Å². The molecule has 0 saturated heterocycles. The van der Waals surface area contributed by atoms with Crippen LogP contribution in [0.4, 0.5) is 5.69 Å². The molecule has 1 aliphatic heterocycles. The van der Waals surface area contributed by atoms with Crippen LogP contribution in [0.15, 0.2) is 42.5 Å². The smallest absolute Gasteiger partial charge is 0.269 e. The molecule has 0 spiro atoms. The number of amides is 2. The standard InChI is InChI=1S/C21H24N2O4/c1-13-14(19(24)23-21(2,3)4)8-7-9-15(13)22-20(25)18-12-26-16-10-5-6-11-17(16)27-18/h5-11,18H,12H2,1-4H3,(H,22,25)(H,23,24)/t18-/m0/s1. The van der Waals surface area contributed by atoms with E-state index in [0.29, 0.717) is 28.3 Å². The fourth-order valence-electron chi connectivity index (χ4n) is 2.79. The van der Waals surface area contributed by atoms with Crippen LogP contribution < -0.4 is 20.1 Å². The molecule has 0 saturated carbocycles. The lowest BCUT2D eigenvalue weighted by Crippen LogP contribution is -2.41. The summed E-state index contributed by atoms with van der Waals surface area (Å²) < 4.78 is 11.3. The van der Waals surface area contributed by atoms with Gasteiger partial charge in [-0.05, 0) is 57.5 Å². The van der Waals surface area contributed by atoms with Gasteiger partial charge in [-0.2, -0.15) is 0 Å². The Morgan fingerprint density at radius 3 is 2.44 bits per heavy atom. The van der Waals surface area contributed by atoms with Crippen molar-refractivity contribution in [2.45, 2.75) is 39.3 Å². The number of anilines is 1. The Morgan fingerprint density at radius 2 is 1.74 bits per heavy atom. The molecule has 27 heavy (non-hydrogen) atoms. The monoisotopic (exact) mass is 368 g/mol. The lowest BCUT2D eigenvalue weighted by Gasteiger charge is -2.26. The number of hydrogen-bond donors (Lipinski definition) is 2. The summed E-state index contributed by atoms with van der Waals surface area (Å²) in [5.74, 6) is 0.667. The highest BCUT2D eigenvalue weighted by molar-refractivity contribution is 6.00. The second-order valence-electron chi connectivity index (χ2n) is 7.54. The van der Waals surface area contributed by atoms with E-state index in [1.54, 1.807) is 37.3 Å². The molecule has 6 heteroatoms. The summed E-state index contributed by atoms with van der Waals surface area (Å²) in [6.45, 7) is 7.70. The molecule has 1 heterocycles. The summed E-state index contributed by atoms with van der Waals surface area (Å²) in [6.07, 6.45) is -0.758. The number of carbonyl (C=O) groups is 2. The molecular formula is C21H24N2O4. The maximum absolute atomic E-state index is 12.6. The van der Waals surface area contributed by atoms with Crippen LogP contribution in [-0.2, 0) is 4.79 Å². The van der Waals surface area contributed by atoms with Crippen molar-refractivity contribution in [2.75, 3.05) is 11.9 Å². The van der Waals surface area contributed by atoms with Gasteiger partial charge in [0.15, 0.2) is 11.5 Å². The molecule has 0 fully saturated rings. The number of benzene rings is 2. The predicted molar refractivity (Wildman–Crippen MR) is 103 cm³/mol. The molecule has 1 aliphatic rings. The van der Waals surface area contributed by atoms with E-state index in [2.05, 4.69) is 10.6 Å². The van der Waals surface area contributed by atoms with Crippen LogP contribution in [-0.4, -0.2) is 30.1 Å². The van der Waals surface area contributed by atoms with Gasteiger partial charge < -0.3 is 20.1 Å². The summed E-state index contributed by atoms with van der Waals surface area (Å²) in [5.41, 5.74) is 1.45. The third-order valence-corrected chi connectivity index (χ3v) is 4.13. The first kappa shape index (κ1) is 18.8. The average Bonchev–Trinajstić information content (AvgIpc) is 2.61. The Labute approximate surface area is 158 Å². The summed E-state index contributed by atoms with van der Waals surface area (Å²) >= 11 is 0. The van der Waals surface area contributed by atoms with Crippen molar-refractivity contribution in [3.8, 4) is 11.5 Å². The normalized spacial score (nSPS) is 15.8. The van der Waals surface area contributed by atoms with Crippen LogP contribution in [0.3, 0.4) is 0 Å². The van der Waals surface area contributed by atoms with Gasteiger partial charge in [0.05, 0.1) is 0 Å². The zero-order valence-corrected chi connectivity index (χ0v) is 16.0. The van der Waals surface area contributed by atoms with Gasteiger partial charge in [-0.15, -0.1) is 0 Å². The van der Waals surface area contributed by atoms with E-state index in [0.717, 1.165) is 0 Å². The molecule has 2 N–H and O–H groups in total. The summed E-state index contributed by atoms with van der Waals surface area (Å²) in [7, 11) is 0. The number of carbonyl (C=O) groups excluding carboxylic acids is 2. The van der Waals surface area contributed by atoms with Crippen LogP contribution in [0.5, 0.6) is 11.5 Å². The third-order valence-electron chi connectivity index (χ3n) is 4.13. The van der Waals surface area contributed by atoms with Crippen LogP contribution in [0.1, 0.15) is 36.7 Å². The van der Waals surface area contributed by atoms with E-state index in [1.165, 1.54) is 0 Å². The van der Waals surface area contributed by atoms with Gasteiger partial charge in [-0.1, -0.05) is 18.2 Å². The van der Waals surface area contributed by atoms with Gasteiger partial charge in [0, 0.05) is 16.8 Å². The summed E-state index contributed by atoms with van der Waals surface area (Å²) in [4.78, 5) is 25.1. The highest BCUT2D eigenvalue weighted by atomic mass is 16.6. The molecule has 0 bridgehead atoms. The molecule has 0 aliphatic carbocycles. The van der Waals surface area contributed by atoms with Crippen molar-refractivity contribution >= 4 is 17.5 Å². The topological polar surface area (TPSA) is 76.7 Å². The zero-order chi connectivity index (χ0) is 19.6. The quantitative estimate of drug-likeness (QED) is 0.871. The first-order chi connectivity index (χ1) is 12.7. The van der Waals surface area contributed by atoms with Crippen molar-refractivity contribution in [1.82, 2.24) is 5.32 Å². The number of para-hydroxylation sites is 2. The van der Waals surface area contributed by atoms with Gasteiger partial charge in [0.2, 0.25) is 6.10 Å². The highest BCUT2D eigenvalue weighted by Crippen LogP contribution is 2.31. The van der Waals surface area contributed by atoms with E-state index in [1.807, 2.05) is 32.9 Å². The zero-order valence-electron chi connectivity index (χ0n) is 16.0. The van der Waals surface area contributed by atoms with Gasteiger partial charge in [0.1, 0.15) is 6.61 Å². The van der Waals surface area contributed by atoms with E-state index < -0.39 is 6.10 Å². The van der Waals surface area contributed by atoms with Gasteiger partial charge >= 0.3 is 0 Å². The molecule has 6 nitrogen and oxygen atoms in total. The number of ether oxygens (including phenoxy) is 2. The SMILES string of the molecule is Cc1c(NC(=O)[C@@H]2COc3ccccc3O2)cccc1C(=O)NC(C)(C)C. The van der Waals surface area contributed by atoms with Gasteiger partial charge in [-0.3, -0.25) is 9.59 Å². The molecule has 142 valence electrons. The lowest BCUT2D eigenvalue weighted by molar-refractivity contribution is -0.125. The third kappa shape index (κ3) is 4.39. The van der Waals surface area contributed by atoms with Crippen molar-refractivity contribution in [3.63, 3.8) is 0 Å². The number of nitrogens with one attached hydrogen (secondary N) is 2. The van der Waals surface area contributed by atoms with Crippen LogP contribution in [0.25, 0.3) is 0 Å². The fraction of sp³-hybridized carbons (Fsp3) is 0.333. The first-order valence-corrected chi connectivity index (χ1v) is 8.86. The van der Waals surface area contributed by atoms with E-state index in [-0.39, 0.29) is 24.0 Å².